The Morgan fingerprint density at radius 2 is 2.05 bits per heavy atom. The van der Waals surface area contributed by atoms with Crippen LogP contribution in [0.25, 0.3) is 5.65 Å². The quantitative estimate of drug-likeness (QED) is 0.460. The first-order valence-electron chi connectivity index (χ1n) is 6.30. The number of esters is 1. The smallest absolute Gasteiger partial charge is 0.355 e. The molecule has 5 nitrogen and oxygen atoms in total. The average molecular weight is 389 g/mol. The van der Waals surface area contributed by atoms with E-state index in [1.165, 1.54) is 0 Å². The Balaban J connectivity index is 0.000000444. The Bertz CT molecular complexity index is 564. The minimum atomic E-state index is -0.308. The number of aromatic nitrogens is 2. The van der Waals surface area contributed by atoms with E-state index in [2.05, 4.69) is 27.6 Å². The van der Waals surface area contributed by atoms with Crippen LogP contribution in [0, 0.1) is 0 Å². The zero-order chi connectivity index (χ0) is 15.1. The van der Waals surface area contributed by atoms with Crippen molar-refractivity contribution in [2.75, 3.05) is 27.7 Å². The SMILES string of the molecule is CCOC(=O)c1cccc2ncc(CI)n12.CN(C)C. The lowest BCUT2D eigenvalue weighted by Crippen LogP contribution is -2.11. The van der Waals surface area contributed by atoms with Crippen molar-refractivity contribution in [2.24, 2.45) is 0 Å². The molecule has 0 fully saturated rings. The van der Waals surface area contributed by atoms with Gasteiger partial charge in [0.25, 0.3) is 0 Å². The highest BCUT2D eigenvalue weighted by Gasteiger charge is 2.13. The van der Waals surface area contributed by atoms with Crippen molar-refractivity contribution in [1.29, 1.82) is 0 Å². The van der Waals surface area contributed by atoms with Crippen LogP contribution in [-0.2, 0) is 9.16 Å². The summed E-state index contributed by atoms with van der Waals surface area (Å²) in [6, 6.07) is 5.44. The molecule has 0 aromatic carbocycles. The Morgan fingerprint density at radius 3 is 2.60 bits per heavy atom. The molecule has 0 saturated carbocycles. The van der Waals surface area contributed by atoms with Gasteiger partial charge in [0.05, 0.1) is 12.3 Å². The van der Waals surface area contributed by atoms with Crippen LogP contribution in [0.1, 0.15) is 23.1 Å². The summed E-state index contributed by atoms with van der Waals surface area (Å²) in [4.78, 5) is 18.0. The van der Waals surface area contributed by atoms with Crippen molar-refractivity contribution in [3.8, 4) is 0 Å². The first-order valence-corrected chi connectivity index (χ1v) is 7.83. The normalized spacial score (nSPS) is 10.3. The zero-order valence-electron chi connectivity index (χ0n) is 12.3. The van der Waals surface area contributed by atoms with E-state index in [0.717, 1.165) is 15.8 Å². The van der Waals surface area contributed by atoms with Gasteiger partial charge in [-0.1, -0.05) is 28.7 Å². The molecule has 0 spiro atoms. The molecule has 2 rings (SSSR count). The maximum absolute atomic E-state index is 11.8. The maximum Gasteiger partial charge on any atom is 0.355 e. The predicted octanol–water partition coefficient (Wildman–Crippen LogP) is 2.62. The summed E-state index contributed by atoms with van der Waals surface area (Å²) >= 11 is 2.25. The molecule has 0 aliphatic rings. The van der Waals surface area contributed by atoms with Gasteiger partial charge in [-0.15, -0.1) is 0 Å². The van der Waals surface area contributed by atoms with Gasteiger partial charge < -0.3 is 9.64 Å². The molecule has 20 heavy (non-hydrogen) atoms. The van der Waals surface area contributed by atoms with E-state index < -0.39 is 0 Å². The van der Waals surface area contributed by atoms with E-state index in [-0.39, 0.29) is 5.97 Å². The van der Waals surface area contributed by atoms with E-state index in [4.69, 9.17) is 4.74 Å². The van der Waals surface area contributed by atoms with Crippen LogP contribution in [0.5, 0.6) is 0 Å². The van der Waals surface area contributed by atoms with Crippen molar-refractivity contribution in [2.45, 2.75) is 11.4 Å². The largest absolute Gasteiger partial charge is 0.461 e. The molecule has 0 bridgehead atoms. The Hall–Kier alpha value is -1.15. The highest BCUT2D eigenvalue weighted by molar-refractivity contribution is 14.1. The summed E-state index contributed by atoms with van der Waals surface area (Å²) in [5, 5.41) is 0. The van der Waals surface area contributed by atoms with Crippen LogP contribution >= 0.6 is 22.6 Å². The molecule has 0 radical (unpaired) electrons. The van der Waals surface area contributed by atoms with E-state index in [1.54, 1.807) is 19.2 Å². The number of alkyl halides is 1. The summed E-state index contributed by atoms with van der Waals surface area (Å²) < 4.78 is 7.65. The van der Waals surface area contributed by atoms with Crippen molar-refractivity contribution in [1.82, 2.24) is 14.3 Å². The molecular weight excluding hydrogens is 369 g/mol. The van der Waals surface area contributed by atoms with Gasteiger partial charge in [-0.2, -0.15) is 0 Å². The molecular formula is C14H20IN3O2. The third-order valence-corrected chi connectivity index (χ3v) is 3.01. The molecule has 0 N–H and O–H groups in total. The molecule has 0 atom stereocenters. The lowest BCUT2D eigenvalue weighted by Gasteiger charge is -2.06. The van der Waals surface area contributed by atoms with Gasteiger partial charge in [0, 0.05) is 10.6 Å². The Morgan fingerprint density at radius 1 is 1.40 bits per heavy atom. The van der Waals surface area contributed by atoms with Crippen LogP contribution in [0.15, 0.2) is 24.4 Å². The zero-order valence-corrected chi connectivity index (χ0v) is 14.4. The number of hydrogen-bond acceptors (Lipinski definition) is 4. The van der Waals surface area contributed by atoms with Gasteiger partial charge in [-0.05, 0) is 40.2 Å². The predicted molar refractivity (Wildman–Crippen MR) is 88.5 cm³/mol. The summed E-state index contributed by atoms with van der Waals surface area (Å²) in [6.45, 7) is 2.18. The fraction of sp³-hybridized carbons (Fsp3) is 0.429. The maximum atomic E-state index is 11.8. The number of halogens is 1. The average Bonchev–Trinajstić information content (AvgIpc) is 2.81. The van der Waals surface area contributed by atoms with E-state index in [1.807, 2.05) is 42.6 Å². The van der Waals surface area contributed by atoms with Gasteiger partial charge in [0.2, 0.25) is 0 Å². The van der Waals surface area contributed by atoms with Gasteiger partial charge in [0.1, 0.15) is 11.3 Å². The highest BCUT2D eigenvalue weighted by atomic mass is 127. The molecule has 0 aliphatic heterocycles. The van der Waals surface area contributed by atoms with Crippen molar-refractivity contribution >= 4 is 34.2 Å². The molecule has 0 saturated heterocycles. The summed E-state index contributed by atoms with van der Waals surface area (Å²) in [5.41, 5.74) is 2.31. The van der Waals surface area contributed by atoms with Gasteiger partial charge in [0.15, 0.2) is 0 Å². The lowest BCUT2D eigenvalue weighted by molar-refractivity contribution is 0.0517. The molecule has 110 valence electrons. The van der Waals surface area contributed by atoms with Crippen molar-refractivity contribution in [3.05, 3.63) is 35.8 Å². The number of pyridine rings is 1. The fourth-order valence-corrected chi connectivity index (χ4v) is 2.10. The number of imidazole rings is 1. The minimum Gasteiger partial charge on any atom is -0.461 e. The number of fused-ring (bicyclic) bond motifs is 1. The molecule has 2 aromatic rings. The van der Waals surface area contributed by atoms with Crippen LogP contribution in [0.2, 0.25) is 0 Å². The van der Waals surface area contributed by atoms with Crippen LogP contribution < -0.4 is 0 Å². The molecule has 2 heterocycles. The monoisotopic (exact) mass is 389 g/mol. The number of hydrogen-bond donors (Lipinski definition) is 0. The van der Waals surface area contributed by atoms with Gasteiger partial charge in [-0.25, -0.2) is 9.78 Å². The summed E-state index contributed by atoms with van der Waals surface area (Å²) in [5.74, 6) is -0.308. The second-order valence-corrected chi connectivity index (χ2v) is 5.31. The number of carbonyl (C=O) groups excluding carboxylic acids is 1. The topological polar surface area (TPSA) is 46.8 Å². The van der Waals surface area contributed by atoms with Crippen LogP contribution in [-0.4, -0.2) is 48.0 Å². The van der Waals surface area contributed by atoms with Crippen LogP contribution in [0.3, 0.4) is 0 Å². The van der Waals surface area contributed by atoms with Gasteiger partial charge >= 0.3 is 5.97 Å². The Kier molecular flexibility index (Phi) is 6.94. The number of ether oxygens (including phenoxy) is 1. The van der Waals surface area contributed by atoms with E-state index in [9.17, 15) is 4.79 Å². The second kappa shape index (κ2) is 8.21. The first kappa shape index (κ1) is 16.9. The number of rotatable bonds is 3. The molecule has 6 heteroatoms. The van der Waals surface area contributed by atoms with E-state index in [0.29, 0.717) is 12.3 Å². The minimum absolute atomic E-state index is 0.308. The van der Waals surface area contributed by atoms with Crippen molar-refractivity contribution < 1.29 is 9.53 Å². The molecule has 2 aromatic heterocycles. The standard InChI is InChI=1S/C11H11IN2O2.C3H9N/c1-2-16-11(15)9-4-3-5-10-13-7-8(6-12)14(9)10;1-4(2)3/h3-5,7H,2,6H2,1H3;1-3H3. The third-order valence-electron chi connectivity index (χ3n) is 2.22. The summed E-state index contributed by atoms with van der Waals surface area (Å²) in [6.07, 6.45) is 1.78. The van der Waals surface area contributed by atoms with Gasteiger partial charge in [-0.3, -0.25) is 4.40 Å². The molecule has 0 aliphatic carbocycles. The number of nitrogens with zero attached hydrogens (tertiary/aromatic N) is 3. The number of carbonyl (C=O) groups is 1. The first-order chi connectivity index (χ1) is 9.51. The second-order valence-electron chi connectivity index (χ2n) is 4.55. The summed E-state index contributed by atoms with van der Waals surface area (Å²) in [7, 11) is 6.00. The van der Waals surface area contributed by atoms with E-state index >= 15 is 0 Å². The molecule has 0 amide bonds. The Labute approximate surface area is 133 Å². The third kappa shape index (κ3) is 4.45. The van der Waals surface area contributed by atoms with Crippen LogP contribution in [0.4, 0.5) is 0 Å². The molecule has 0 unspecified atom stereocenters. The van der Waals surface area contributed by atoms with Crippen molar-refractivity contribution in [3.63, 3.8) is 0 Å². The fourth-order valence-electron chi connectivity index (χ4n) is 1.56. The highest BCUT2D eigenvalue weighted by Crippen LogP contribution is 2.14. The lowest BCUT2D eigenvalue weighted by atomic mass is 10.3.